The maximum atomic E-state index is 12.8. The first-order valence-corrected chi connectivity index (χ1v) is 19.2. The zero-order valence-corrected chi connectivity index (χ0v) is 33.9. The van der Waals surface area contributed by atoms with Crippen molar-refractivity contribution in [1.82, 2.24) is 15.2 Å². The van der Waals surface area contributed by atoms with Gasteiger partial charge in [-0.15, -0.1) is 0 Å². The summed E-state index contributed by atoms with van der Waals surface area (Å²) in [7, 11) is 3.39. The summed E-state index contributed by atoms with van der Waals surface area (Å²) in [6.07, 6.45) is 0.270. The Hall–Kier alpha value is -7.39. The van der Waals surface area contributed by atoms with Crippen molar-refractivity contribution in [2.75, 3.05) is 44.4 Å². The molecule has 0 fully saturated rings. The number of anilines is 2. The molecule has 0 aliphatic rings. The van der Waals surface area contributed by atoms with Crippen LogP contribution >= 0.6 is 0 Å². The second kappa shape index (κ2) is 21.4. The van der Waals surface area contributed by atoms with Gasteiger partial charge in [-0.05, 0) is 23.3 Å². The molecular formula is C45H49N9O6. The lowest BCUT2D eigenvalue weighted by atomic mass is 9.94. The number of guanidine groups is 2. The maximum absolute atomic E-state index is 12.8. The van der Waals surface area contributed by atoms with Gasteiger partial charge >= 0.3 is 0 Å². The number of ketones is 2. The van der Waals surface area contributed by atoms with E-state index in [1.165, 1.54) is 4.90 Å². The molecule has 0 spiro atoms. The van der Waals surface area contributed by atoms with E-state index in [9.17, 15) is 14.4 Å². The van der Waals surface area contributed by atoms with Gasteiger partial charge in [-0.2, -0.15) is 0 Å². The van der Waals surface area contributed by atoms with Gasteiger partial charge in [0.15, 0.2) is 23.5 Å². The smallest absolute Gasteiger partial charge is 0.231 e. The molecule has 0 bridgehead atoms. The van der Waals surface area contributed by atoms with Crippen molar-refractivity contribution in [3.05, 3.63) is 166 Å². The third kappa shape index (κ3) is 12.3. The second-order valence-electron chi connectivity index (χ2n) is 13.9. The Morgan fingerprint density at radius 2 is 1.05 bits per heavy atom. The number of carbonyl (C=O) groups is 3. The number of aliphatic hydroxyl groups is 1. The fourth-order valence-electron chi connectivity index (χ4n) is 5.85. The van der Waals surface area contributed by atoms with E-state index in [1.807, 2.05) is 86.6 Å². The Labute approximate surface area is 348 Å². The molecule has 0 saturated carbocycles. The average Bonchev–Trinajstić information content (AvgIpc) is 3.95. The lowest BCUT2D eigenvalue weighted by Crippen LogP contribution is -2.25. The van der Waals surface area contributed by atoms with E-state index in [0.29, 0.717) is 45.4 Å². The van der Waals surface area contributed by atoms with Crippen LogP contribution in [0.15, 0.2) is 140 Å². The highest BCUT2D eigenvalue weighted by Gasteiger charge is 2.19. The van der Waals surface area contributed by atoms with Gasteiger partial charge in [-0.1, -0.05) is 121 Å². The van der Waals surface area contributed by atoms with Crippen LogP contribution in [0.1, 0.15) is 86.5 Å². The summed E-state index contributed by atoms with van der Waals surface area (Å²) in [5.74, 6) is 0.727. The molecule has 1 amide bonds. The number of aliphatic imine (C=N–C) groups is 2. The molecule has 2 unspecified atom stereocenters. The Kier molecular flexibility index (Phi) is 15.6. The highest BCUT2D eigenvalue weighted by atomic mass is 16.5. The van der Waals surface area contributed by atoms with E-state index in [1.54, 1.807) is 62.6 Å². The molecule has 0 radical (unpaired) electrons. The highest BCUT2D eigenvalue weighted by molar-refractivity contribution is 6.09. The molecule has 15 nitrogen and oxygen atoms in total. The number of nitrogens with zero attached hydrogens (tertiary/aromatic N) is 5. The number of aliphatic hydroxyl groups excluding tert-OH is 1. The summed E-state index contributed by atoms with van der Waals surface area (Å²) < 4.78 is 10.6. The summed E-state index contributed by atoms with van der Waals surface area (Å²) in [5, 5.41) is 22.6. The van der Waals surface area contributed by atoms with Crippen molar-refractivity contribution in [2.24, 2.45) is 21.5 Å². The van der Waals surface area contributed by atoms with Crippen LogP contribution in [-0.4, -0.2) is 83.5 Å². The first-order chi connectivity index (χ1) is 28.9. The monoisotopic (exact) mass is 811 g/mol. The number of hydrogen-bond acceptors (Lipinski definition) is 10. The lowest BCUT2D eigenvalue weighted by molar-refractivity contribution is -0.128. The van der Waals surface area contributed by atoms with E-state index < -0.39 is 0 Å². The summed E-state index contributed by atoms with van der Waals surface area (Å²) in [4.78, 5) is 46.6. The van der Waals surface area contributed by atoms with Gasteiger partial charge in [0.25, 0.3) is 0 Å². The van der Waals surface area contributed by atoms with Crippen molar-refractivity contribution < 1.29 is 28.5 Å². The zero-order valence-electron chi connectivity index (χ0n) is 33.9. The predicted molar refractivity (Wildman–Crippen MR) is 231 cm³/mol. The van der Waals surface area contributed by atoms with E-state index in [-0.39, 0.29) is 67.3 Å². The molecule has 0 saturated heterocycles. The second-order valence-corrected chi connectivity index (χ2v) is 13.9. The summed E-state index contributed by atoms with van der Waals surface area (Å²) >= 11 is 0. The molecular weight excluding hydrogens is 763 g/mol. The standard InChI is InChI=1S/C24H27N5O3.C21H22N4O3/c1-16(18-10-7-11-19(14-18)23(31)17-8-5-4-6-9-17)20-15-21(32-28-20)27-24(25)26-13-12-22(30)29(2)3;1-14(18-13-19(28-25-18)24-21(22)23-10-11-26)16-8-5-9-17(12-16)20(27)15-6-3-2-4-7-15/h4-11,14-16H,12-13H2,1-3H3,(H3,25,26,27);2-9,12-14,26H,10-11H2,1H3,(H3,22,23,24). The molecule has 0 aliphatic heterocycles. The van der Waals surface area contributed by atoms with Crippen LogP contribution in [0.25, 0.3) is 0 Å². The number of hydrogen-bond donors (Lipinski definition) is 5. The first kappa shape index (κ1) is 43.7. The summed E-state index contributed by atoms with van der Waals surface area (Å²) in [6.45, 7) is 4.36. The number of benzene rings is 4. The van der Waals surface area contributed by atoms with E-state index in [0.717, 1.165) is 11.1 Å². The number of aromatic nitrogens is 2. The summed E-state index contributed by atoms with van der Waals surface area (Å²) in [5.41, 5.74) is 17.4. The molecule has 6 rings (SSSR count). The van der Waals surface area contributed by atoms with Crippen molar-refractivity contribution in [3.8, 4) is 0 Å². The number of nitrogens with one attached hydrogen (secondary N) is 2. The molecule has 0 aliphatic carbocycles. The number of carbonyl (C=O) groups excluding carboxylic acids is 3. The van der Waals surface area contributed by atoms with Gasteiger partial charge in [0.2, 0.25) is 17.7 Å². The largest absolute Gasteiger partial charge is 0.394 e. The van der Waals surface area contributed by atoms with Crippen LogP contribution in [0.5, 0.6) is 0 Å². The van der Waals surface area contributed by atoms with Crippen LogP contribution < -0.4 is 22.1 Å². The van der Waals surface area contributed by atoms with Crippen LogP contribution in [-0.2, 0) is 4.79 Å². The number of amides is 1. The molecule has 4 aromatic carbocycles. The van der Waals surface area contributed by atoms with Crippen molar-refractivity contribution in [3.63, 3.8) is 0 Å². The molecule has 6 aromatic rings. The SMILES string of the molecule is CC(c1cccc(C(=O)c2ccccc2)c1)c1cc(NC(N)=NCCC(=O)N(C)C)on1.CC(c1cccc(C(=O)c2ccccc2)c1)c1cc(NC(N)=NCCO)on1. The van der Waals surface area contributed by atoms with Crippen LogP contribution in [0.4, 0.5) is 11.8 Å². The van der Waals surface area contributed by atoms with Gasteiger partial charge in [-0.25, -0.2) is 0 Å². The fraction of sp³-hybridized carbons (Fsp3) is 0.222. The topological polar surface area (TPSA) is 228 Å². The molecule has 60 heavy (non-hydrogen) atoms. The molecule has 2 atom stereocenters. The van der Waals surface area contributed by atoms with E-state index in [2.05, 4.69) is 30.9 Å². The van der Waals surface area contributed by atoms with Gasteiger partial charge in [0.1, 0.15) is 0 Å². The Balaban J connectivity index is 0.000000230. The molecule has 2 aromatic heterocycles. The molecule has 310 valence electrons. The van der Waals surface area contributed by atoms with Gasteiger partial charge < -0.3 is 30.5 Å². The maximum Gasteiger partial charge on any atom is 0.231 e. The quantitative estimate of drug-likeness (QED) is 0.0455. The Morgan fingerprint density at radius 1 is 0.633 bits per heavy atom. The minimum absolute atomic E-state index is 0.0229. The highest BCUT2D eigenvalue weighted by Crippen LogP contribution is 2.28. The van der Waals surface area contributed by atoms with Crippen molar-refractivity contribution in [2.45, 2.75) is 32.1 Å². The third-order valence-corrected chi connectivity index (χ3v) is 9.30. The molecule has 2 heterocycles. The minimum Gasteiger partial charge on any atom is -0.394 e. The van der Waals surface area contributed by atoms with Gasteiger partial charge in [-0.3, -0.25) is 35.0 Å². The molecule has 7 N–H and O–H groups in total. The van der Waals surface area contributed by atoms with E-state index >= 15 is 0 Å². The van der Waals surface area contributed by atoms with Crippen LogP contribution in [0.2, 0.25) is 0 Å². The lowest BCUT2D eigenvalue weighted by Gasteiger charge is -2.10. The number of nitrogens with two attached hydrogens (primary N) is 2. The summed E-state index contributed by atoms with van der Waals surface area (Å²) in [6, 6.07) is 36.8. The minimum atomic E-state index is -0.103. The van der Waals surface area contributed by atoms with Crippen LogP contribution in [0, 0.1) is 0 Å². The Bertz CT molecular complexity index is 2410. The van der Waals surface area contributed by atoms with Gasteiger partial charge in [0.05, 0.1) is 31.1 Å². The molecule has 15 heteroatoms. The third-order valence-electron chi connectivity index (χ3n) is 9.30. The van der Waals surface area contributed by atoms with E-state index in [4.69, 9.17) is 25.6 Å². The average molecular weight is 812 g/mol. The predicted octanol–water partition coefficient (Wildman–Crippen LogP) is 6.04. The van der Waals surface area contributed by atoms with Crippen LogP contribution in [0.3, 0.4) is 0 Å². The number of rotatable bonds is 15. The Morgan fingerprint density at radius 3 is 1.47 bits per heavy atom. The van der Waals surface area contributed by atoms with Crippen molar-refractivity contribution >= 4 is 41.2 Å². The van der Waals surface area contributed by atoms with Crippen molar-refractivity contribution in [1.29, 1.82) is 0 Å². The first-order valence-electron chi connectivity index (χ1n) is 19.2. The van der Waals surface area contributed by atoms with Gasteiger partial charge in [0, 0.05) is 66.7 Å². The normalized spacial score (nSPS) is 12.4. The fourth-order valence-corrected chi connectivity index (χ4v) is 5.85. The zero-order chi connectivity index (χ0) is 43.0.